The number of rotatable bonds is 4. The number of piperidine rings is 1. The summed E-state index contributed by atoms with van der Waals surface area (Å²) in [4.78, 5) is 13.9. The Morgan fingerprint density at radius 1 is 1.19 bits per heavy atom. The molecule has 1 amide bonds. The SMILES string of the molecule is CC(C)(C)OC(=O)N1CCC(N/C=C(\C=N)B2OC(C)(C)C(C)(C)O2)CC1. The van der Waals surface area contributed by atoms with Gasteiger partial charge < -0.3 is 29.7 Å². The summed E-state index contributed by atoms with van der Waals surface area (Å²) in [5, 5.41) is 11.1. The third kappa shape index (κ3) is 5.48. The molecule has 0 radical (unpaired) electrons. The topological polar surface area (TPSA) is 83.9 Å². The number of amides is 1. The summed E-state index contributed by atoms with van der Waals surface area (Å²) in [6, 6.07) is 0.237. The van der Waals surface area contributed by atoms with Gasteiger partial charge in [0.25, 0.3) is 0 Å². The third-order valence-electron chi connectivity index (χ3n) is 5.32. The van der Waals surface area contributed by atoms with Crippen LogP contribution >= 0.6 is 0 Å². The van der Waals surface area contributed by atoms with E-state index in [-0.39, 0.29) is 12.1 Å². The van der Waals surface area contributed by atoms with Gasteiger partial charge in [-0.05, 0) is 67.5 Å². The van der Waals surface area contributed by atoms with Gasteiger partial charge >= 0.3 is 13.2 Å². The molecule has 2 N–H and O–H groups in total. The van der Waals surface area contributed by atoms with Gasteiger partial charge in [0.05, 0.1) is 11.2 Å². The Bertz CT molecular complexity index is 574. The fourth-order valence-electron chi connectivity index (χ4n) is 2.93. The Morgan fingerprint density at radius 3 is 2.15 bits per heavy atom. The molecule has 2 aliphatic heterocycles. The molecule has 0 atom stereocenters. The average molecular weight is 379 g/mol. The van der Waals surface area contributed by atoms with Gasteiger partial charge in [0.15, 0.2) is 0 Å². The highest BCUT2D eigenvalue weighted by molar-refractivity contribution is 6.60. The van der Waals surface area contributed by atoms with Crippen LogP contribution in [0, 0.1) is 5.41 Å². The van der Waals surface area contributed by atoms with Gasteiger partial charge in [-0.25, -0.2) is 4.79 Å². The Labute approximate surface area is 163 Å². The second kappa shape index (κ2) is 7.83. The van der Waals surface area contributed by atoms with E-state index in [4.69, 9.17) is 19.5 Å². The first-order chi connectivity index (χ1) is 12.3. The average Bonchev–Trinajstić information content (AvgIpc) is 2.74. The number of hydrogen-bond acceptors (Lipinski definition) is 6. The Morgan fingerprint density at radius 2 is 1.70 bits per heavy atom. The Balaban J connectivity index is 1.88. The summed E-state index contributed by atoms with van der Waals surface area (Å²) in [6.45, 7) is 14.9. The number of carbonyl (C=O) groups is 1. The molecule has 2 aliphatic rings. The zero-order valence-electron chi connectivity index (χ0n) is 17.7. The smallest absolute Gasteiger partial charge is 0.444 e. The number of ether oxygens (including phenoxy) is 1. The molecular weight excluding hydrogens is 345 g/mol. The van der Waals surface area contributed by atoms with Gasteiger partial charge in [0.1, 0.15) is 5.60 Å². The van der Waals surface area contributed by atoms with E-state index in [1.54, 1.807) is 4.90 Å². The standard InChI is InChI=1S/C19H34BN3O4/c1-17(2,3)25-16(24)23-10-8-15(9-11-23)22-13-14(12-21)20-26-18(4,5)19(6,7)27-20/h12-13,15,21-22H,8-11H2,1-7H3/b14-13+,21-12?. The van der Waals surface area contributed by atoms with Crippen LogP contribution in [0.3, 0.4) is 0 Å². The van der Waals surface area contributed by atoms with Crippen molar-refractivity contribution in [2.75, 3.05) is 13.1 Å². The van der Waals surface area contributed by atoms with E-state index in [0.29, 0.717) is 18.6 Å². The van der Waals surface area contributed by atoms with Crippen LogP contribution < -0.4 is 5.32 Å². The number of hydrogen-bond donors (Lipinski definition) is 2. The van der Waals surface area contributed by atoms with E-state index < -0.39 is 23.9 Å². The van der Waals surface area contributed by atoms with E-state index in [2.05, 4.69) is 5.32 Å². The third-order valence-corrected chi connectivity index (χ3v) is 5.32. The van der Waals surface area contributed by atoms with Crippen LogP contribution in [0.5, 0.6) is 0 Å². The fraction of sp³-hybridized carbons (Fsp3) is 0.789. The van der Waals surface area contributed by atoms with Crippen molar-refractivity contribution in [2.45, 2.75) is 84.2 Å². The van der Waals surface area contributed by atoms with Crippen LogP contribution in [0.1, 0.15) is 61.3 Å². The van der Waals surface area contributed by atoms with Gasteiger partial charge in [0.2, 0.25) is 0 Å². The van der Waals surface area contributed by atoms with Crippen molar-refractivity contribution in [3.05, 3.63) is 11.7 Å². The van der Waals surface area contributed by atoms with Crippen molar-refractivity contribution < 1.29 is 18.8 Å². The van der Waals surface area contributed by atoms with Crippen molar-refractivity contribution in [2.24, 2.45) is 0 Å². The second-order valence-electron chi connectivity index (χ2n) is 9.29. The lowest BCUT2D eigenvalue weighted by Crippen LogP contribution is -2.45. The summed E-state index contributed by atoms with van der Waals surface area (Å²) in [6.07, 6.45) is 4.47. The monoisotopic (exact) mass is 379 g/mol. The van der Waals surface area contributed by atoms with Crippen LogP contribution in [0.4, 0.5) is 4.79 Å². The molecular formula is C19H34BN3O4. The molecule has 0 aromatic carbocycles. The molecule has 8 heteroatoms. The van der Waals surface area contributed by atoms with Crippen LogP contribution in [-0.4, -0.2) is 60.3 Å². The molecule has 2 heterocycles. The minimum absolute atomic E-state index is 0.237. The molecule has 0 aromatic heterocycles. The lowest BCUT2D eigenvalue weighted by atomic mass is 9.79. The van der Waals surface area contributed by atoms with Gasteiger partial charge in [-0.3, -0.25) is 0 Å². The predicted octanol–water partition coefficient (Wildman–Crippen LogP) is 3.14. The lowest BCUT2D eigenvalue weighted by molar-refractivity contribution is 0.00578. The number of likely N-dealkylation sites (tertiary alicyclic amines) is 1. The Hall–Kier alpha value is -1.54. The van der Waals surface area contributed by atoms with Crippen molar-refractivity contribution in [3.8, 4) is 0 Å². The van der Waals surface area contributed by atoms with Crippen molar-refractivity contribution in [1.82, 2.24) is 10.2 Å². The molecule has 152 valence electrons. The molecule has 27 heavy (non-hydrogen) atoms. The highest BCUT2D eigenvalue weighted by atomic mass is 16.7. The maximum atomic E-state index is 12.1. The van der Waals surface area contributed by atoms with Crippen molar-refractivity contribution in [3.63, 3.8) is 0 Å². The van der Waals surface area contributed by atoms with Crippen molar-refractivity contribution >= 4 is 19.4 Å². The minimum atomic E-state index is -0.554. The predicted molar refractivity (Wildman–Crippen MR) is 107 cm³/mol. The Kier molecular flexibility index (Phi) is 6.31. The van der Waals surface area contributed by atoms with Gasteiger partial charge in [-0.15, -0.1) is 0 Å². The number of carbonyl (C=O) groups excluding carboxylic acids is 1. The minimum Gasteiger partial charge on any atom is -0.444 e. The summed E-state index contributed by atoms with van der Waals surface area (Å²) >= 11 is 0. The molecule has 0 spiro atoms. The molecule has 0 bridgehead atoms. The molecule has 0 aromatic rings. The van der Waals surface area contributed by atoms with E-state index >= 15 is 0 Å². The summed E-state index contributed by atoms with van der Waals surface area (Å²) in [5.41, 5.74) is -0.684. The van der Waals surface area contributed by atoms with Crippen LogP contribution in [-0.2, 0) is 14.0 Å². The van der Waals surface area contributed by atoms with E-state index in [0.717, 1.165) is 12.8 Å². The quantitative estimate of drug-likeness (QED) is 0.579. The molecule has 2 fully saturated rings. The molecule has 0 saturated carbocycles. The first-order valence-corrected chi connectivity index (χ1v) is 9.65. The highest BCUT2D eigenvalue weighted by Crippen LogP contribution is 2.38. The van der Waals surface area contributed by atoms with E-state index in [1.165, 1.54) is 6.21 Å². The highest BCUT2D eigenvalue weighted by Gasteiger charge is 2.52. The van der Waals surface area contributed by atoms with E-state index in [9.17, 15) is 4.79 Å². The van der Waals surface area contributed by atoms with Gasteiger partial charge in [-0.2, -0.15) is 0 Å². The van der Waals surface area contributed by atoms with Crippen LogP contribution in [0.2, 0.25) is 0 Å². The number of nitrogens with zero attached hydrogens (tertiary/aromatic N) is 1. The number of nitrogens with one attached hydrogen (secondary N) is 2. The molecule has 7 nitrogen and oxygen atoms in total. The zero-order valence-corrected chi connectivity index (χ0v) is 17.7. The van der Waals surface area contributed by atoms with Gasteiger partial charge in [-0.1, -0.05) is 0 Å². The lowest BCUT2D eigenvalue weighted by Gasteiger charge is -2.33. The molecule has 0 unspecified atom stereocenters. The summed E-state index contributed by atoms with van der Waals surface area (Å²) in [5.74, 6) is 0. The van der Waals surface area contributed by atoms with Crippen molar-refractivity contribution in [1.29, 1.82) is 5.41 Å². The largest absolute Gasteiger partial charge is 0.497 e. The summed E-state index contributed by atoms with van der Waals surface area (Å²) in [7, 11) is -0.554. The van der Waals surface area contributed by atoms with E-state index in [1.807, 2.05) is 54.7 Å². The van der Waals surface area contributed by atoms with Gasteiger partial charge in [0, 0.05) is 30.8 Å². The maximum absolute atomic E-state index is 12.1. The second-order valence-corrected chi connectivity index (χ2v) is 9.29. The summed E-state index contributed by atoms with van der Waals surface area (Å²) < 4.78 is 17.4. The number of allylic oxidation sites excluding steroid dienone is 1. The molecule has 2 rings (SSSR count). The van der Waals surface area contributed by atoms with Crippen LogP contribution in [0.25, 0.3) is 0 Å². The molecule has 0 aliphatic carbocycles. The fourth-order valence-corrected chi connectivity index (χ4v) is 2.93. The maximum Gasteiger partial charge on any atom is 0.497 e. The first kappa shape index (κ1) is 21.8. The molecule has 2 saturated heterocycles. The van der Waals surface area contributed by atoms with Crippen LogP contribution in [0.15, 0.2) is 11.7 Å². The first-order valence-electron chi connectivity index (χ1n) is 9.65. The zero-order chi connectivity index (χ0) is 20.5. The normalized spacial score (nSPS) is 23.3.